The van der Waals surface area contributed by atoms with Crippen molar-refractivity contribution in [3.8, 4) is 0 Å². The molecule has 0 spiro atoms. The van der Waals surface area contributed by atoms with Gasteiger partial charge in [-0.3, -0.25) is 9.11 Å². The summed E-state index contributed by atoms with van der Waals surface area (Å²) in [6.45, 7) is 0. The number of carbonyl (C=O) groups is 1. The van der Waals surface area contributed by atoms with Crippen LogP contribution in [0, 0.1) is 0 Å². The Morgan fingerprint density at radius 1 is 1.26 bits per heavy atom. The molecule has 0 radical (unpaired) electrons. The fourth-order valence-electron chi connectivity index (χ4n) is 0.650. The summed E-state index contributed by atoms with van der Waals surface area (Å²) >= 11 is 0. The molecule has 0 aliphatic carbocycles. The van der Waals surface area contributed by atoms with E-state index in [1.807, 2.05) is 31.3 Å². The number of carboxylic acid groups (broad SMARTS) is 2. The Labute approximate surface area is 152 Å². The van der Waals surface area contributed by atoms with E-state index < -0.39 is 16.6 Å². The Bertz CT molecular complexity index is 437. The predicted octanol–water partition coefficient (Wildman–Crippen LogP) is -3.45. The van der Waals surface area contributed by atoms with Gasteiger partial charge in [0.1, 0.15) is 0 Å². The molecule has 19 heavy (non-hydrogen) atoms. The number of nitrogens with one attached hydrogen (secondary N) is 1. The zero-order valence-electron chi connectivity index (χ0n) is 10.3. The maximum atomic E-state index is 8.74. The van der Waals surface area contributed by atoms with Gasteiger partial charge < -0.3 is 26.1 Å². The van der Waals surface area contributed by atoms with E-state index in [0.717, 1.165) is 11.4 Å². The molecule has 6 N–H and O–H groups in total. The number of nitrogen functional groups attached to an aromatic ring is 1. The van der Waals surface area contributed by atoms with Crippen molar-refractivity contribution in [2.45, 2.75) is 0 Å². The van der Waals surface area contributed by atoms with Gasteiger partial charge in [0, 0.05) is 18.4 Å². The minimum absolute atomic E-state index is 0. The third-order valence-electron chi connectivity index (χ3n) is 1.20. The van der Waals surface area contributed by atoms with Crippen molar-refractivity contribution < 1.29 is 83.9 Å². The minimum Gasteiger partial charge on any atom is -0.565 e. The smallest absolute Gasteiger partial charge is 0.565 e. The molecule has 0 aliphatic heterocycles. The first-order valence-electron chi connectivity index (χ1n) is 4.19. The molecule has 11 heteroatoms. The van der Waals surface area contributed by atoms with E-state index in [9.17, 15) is 0 Å². The summed E-state index contributed by atoms with van der Waals surface area (Å²) in [7, 11) is -2.79. The van der Waals surface area contributed by atoms with Gasteiger partial charge in [0.05, 0.1) is 0 Å². The second-order valence-electron chi connectivity index (χ2n) is 2.59. The van der Waals surface area contributed by atoms with Gasteiger partial charge in [-0.1, -0.05) is 0 Å². The van der Waals surface area contributed by atoms with Crippen molar-refractivity contribution in [3.05, 3.63) is 24.3 Å². The van der Waals surface area contributed by atoms with Crippen LogP contribution in [0.3, 0.4) is 0 Å². The Morgan fingerprint density at radius 2 is 1.53 bits per heavy atom. The summed E-state index contributed by atoms with van der Waals surface area (Å²) in [4.78, 5) is 8.44. The Kier molecular flexibility index (Phi) is 15.7. The van der Waals surface area contributed by atoms with Crippen LogP contribution in [0.25, 0.3) is 0 Å². The Balaban J connectivity index is -0.000000222. The van der Waals surface area contributed by atoms with Gasteiger partial charge in [0.2, 0.25) is 6.16 Å². The SMILES string of the molecule is CNc1ccc(N)cc1.O=C([O-])O.O=S(=O)(O)O.[K+]. The molecule has 0 aromatic heterocycles. The summed E-state index contributed by atoms with van der Waals surface area (Å²) in [6.07, 6.45) is -2.08. The summed E-state index contributed by atoms with van der Waals surface area (Å²) < 4.78 is 31.6. The number of hydrogen-bond donors (Lipinski definition) is 5. The van der Waals surface area contributed by atoms with Crippen LogP contribution in [0.5, 0.6) is 0 Å². The zero-order chi connectivity index (χ0) is 14.8. The molecule has 0 atom stereocenters. The third kappa shape index (κ3) is 31.8. The largest absolute Gasteiger partial charge is 1.00 e. The number of nitrogens with two attached hydrogens (primary N) is 1. The zero-order valence-corrected chi connectivity index (χ0v) is 14.2. The normalized spacial score (nSPS) is 8.58. The quantitative estimate of drug-likeness (QED) is 0.200. The van der Waals surface area contributed by atoms with E-state index in [0.29, 0.717) is 0 Å². The number of benzene rings is 1. The second-order valence-corrected chi connectivity index (χ2v) is 3.48. The van der Waals surface area contributed by atoms with Crippen molar-refractivity contribution in [1.29, 1.82) is 0 Å². The van der Waals surface area contributed by atoms with E-state index in [-0.39, 0.29) is 51.4 Å². The van der Waals surface area contributed by atoms with Crippen molar-refractivity contribution >= 4 is 27.9 Å². The van der Waals surface area contributed by atoms with Crippen LogP contribution < -0.4 is 67.5 Å². The van der Waals surface area contributed by atoms with Gasteiger partial charge in [-0.15, -0.1) is 0 Å². The molecule has 0 aliphatic rings. The Morgan fingerprint density at radius 3 is 1.74 bits per heavy atom. The van der Waals surface area contributed by atoms with Crippen LogP contribution in [0.2, 0.25) is 0 Å². The van der Waals surface area contributed by atoms with Gasteiger partial charge in [-0.25, -0.2) is 0 Å². The van der Waals surface area contributed by atoms with Crippen molar-refractivity contribution in [2.75, 3.05) is 18.1 Å². The third-order valence-corrected chi connectivity index (χ3v) is 1.20. The van der Waals surface area contributed by atoms with Gasteiger partial charge >= 0.3 is 61.8 Å². The maximum Gasteiger partial charge on any atom is 1.00 e. The molecule has 9 nitrogen and oxygen atoms in total. The average molecular weight is 320 g/mol. The molecule has 1 rings (SSSR count). The first-order valence-corrected chi connectivity index (χ1v) is 5.59. The maximum absolute atomic E-state index is 8.74. The van der Waals surface area contributed by atoms with Crippen LogP contribution in [0.15, 0.2) is 24.3 Å². The molecular formula is C8H13KN2O7S. The molecule has 1 aromatic carbocycles. The van der Waals surface area contributed by atoms with Crippen LogP contribution in [-0.4, -0.2) is 35.8 Å². The molecule has 0 saturated carbocycles. The van der Waals surface area contributed by atoms with E-state index in [2.05, 4.69) is 5.32 Å². The summed E-state index contributed by atoms with van der Waals surface area (Å²) in [6, 6.07) is 7.61. The van der Waals surface area contributed by atoms with Gasteiger partial charge in [-0.05, 0) is 24.3 Å². The number of rotatable bonds is 1. The number of hydrogen-bond acceptors (Lipinski definition) is 6. The Hall–Kier alpha value is -0.404. The molecule has 0 saturated heterocycles. The fraction of sp³-hybridized carbons (Fsp3) is 0.125. The van der Waals surface area contributed by atoms with Crippen LogP contribution >= 0.6 is 0 Å². The number of anilines is 2. The molecule has 0 fully saturated rings. The minimum atomic E-state index is -4.67. The van der Waals surface area contributed by atoms with E-state index >= 15 is 0 Å². The van der Waals surface area contributed by atoms with Crippen LogP contribution in [0.1, 0.15) is 0 Å². The second kappa shape index (κ2) is 12.6. The summed E-state index contributed by atoms with van der Waals surface area (Å²) in [5.74, 6) is 0. The molecule has 0 amide bonds. The van der Waals surface area contributed by atoms with E-state index in [1.54, 1.807) is 0 Å². The summed E-state index contributed by atoms with van der Waals surface area (Å²) in [5, 5.41) is 18.3. The molecule has 0 bridgehead atoms. The standard InChI is InChI=1S/C7H10N2.CH2O3.K.H2O4S/c1-9-7-4-2-6(8)3-5-7;2-1(3)4;;1-5(2,3)4/h2-5,9H,8H2,1H3;(H2,2,3,4);;(H2,1,2,3,4)/q;;+1;/p-1. The van der Waals surface area contributed by atoms with Crippen LogP contribution in [-0.2, 0) is 10.4 Å². The van der Waals surface area contributed by atoms with Crippen molar-refractivity contribution in [1.82, 2.24) is 0 Å². The van der Waals surface area contributed by atoms with E-state index in [1.165, 1.54) is 0 Å². The topological polar surface area (TPSA) is 173 Å². The molecular weight excluding hydrogens is 307 g/mol. The van der Waals surface area contributed by atoms with Crippen LogP contribution in [0.4, 0.5) is 16.2 Å². The molecule has 0 unspecified atom stereocenters. The van der Waals surface area contributed by atoms with Gasteiger partial charge in [0.25, 0.3) is 0 Å². The van der Waals surface area contributed by atoms with Crippen molar-refractivity contribution in [3.63, 3.8) is 0 Å². The molecule has 1 aromatic rings. The monoisotopic (exact) mass is 320 g/mol. The summed E-state index contributed by atoms with van der Waals surface area (Å²) in [5.41, 5.74) is 7.34. The molecule has 104 valence electrons. The van der Waals surface area contributed by atoms with Gasteiger partial charge in [-0.2, -0.15) is 8.42 Å². The fourth-order valence-corrected chi connectivity index (χ4v) is 0.650. The first-order chi connectivity index (χ1) is 8.06. The van der Waals surface area contributed by atoms with Crippen molar-refractivity contribution in [2.24, 2.45) is 0 Å². The predicted molar refractivity (Wildman–Crippen MR) is 62.6 cm³/mol. The molecule has 0 heterocycles. The average Bonchev–Trinajstić information content (AvgIpc) is 2.15. The van der Waals surface area contributed by atoms with E-state index in [4.69, 9.17) is 38.3 Å². The van der Waals surface area contributed by atoms with Gasteiger partial charge in [0.15, 0.2) is 0 Å². The first kappa shape index (κ1) is 23.7.